The Labute approximate surface area is 185 Å². The molecule has 1 heterocycles. The molecule has 2 amide bonds. The van der Waals surface area contributed by atoms with Gasteiger partial charge in [-0.2, -0.15) is 5.10 Å². The Morgan fingerprint density at radius 3 is 2.35 bits per heavy atom. The van der Waals surface area contributed by atoms with Gasteiger partial charge in [0.25, 0.3) is 0 Å². The molecule has 7 heteroatoms. The van der Waals surface area contributed by atoms with Gasteiger partial charge in [-0.15, -0.1) is 0 Å². The number of hydrogen-bond donors (Lipinski definition) is 1. The molecule has 0 fully saturated rings. The van der Waals surface area contributed by atoms with Crippen LogP contribution in [0.15, 0.2) is 30.3 Å². The standard InChI is InChI=1S/C24H36N4O3/c1-7-9-10-11-23(30)27(8-2)17-22(29)25-21-16-20(24(3,4)5)26-28(21)18-12-14-19(31-6)15-13-18/h12-16H,7-11,17H2,1-6H3,(H,25,29). The first kappa shape index (κ1) is 24.4. The average molecular weight is 429 g/mol. The number of nitrogens with zero attached hydrogens (tertiary/aromatic N) is 3. The predicted octanol–water partition coefficient (Wildman–Crippen LogP) is 4.55. The van der Waals surface area contributed by atoms with Gasteiger partial charge in [0.1, 0.15) is 11.6 Å². The largest absolute Gasteiger partial charge is 0.497 e. The summed E-state index contributed by atoms with van der Waals surface area (Å²) >= 11 is 0. The van der Waals surface area contributed by atoms with Crippen molar-refractivity contribution in [2.75, 3.05) is 25.5 Å². The number of ether oxygens (including phenoxy) is 1. The fraction of sp³-hybridized carbons (Fsp3) is 0.542. The van der Waals surface area contributed by atoms with Crippen molar-refractivity contribution >= 4 is 17.6 Å². The number of aromatic nitrogens is 2. The molecule has 7 nitrogen and oxygen atoms in total. The maximum Gasteiger partial charge on any atom is 0.245 e. The number of unbranched alkanes of at least 4 members (excludes halogenated alkanes) is 2. The van der Waals surface area contributed by atoms with E-state index in [1.165, 1.54) is 0 Å². The summed E-state index contributed by atoms with van der Waals surface area (Å²) in [6, 6.07) is 9.38. The number of carbonyl (C=O) groups is 2. The number of benzene rings is 1. The average Bonchev–Trinajstić information content (AvgIpc) is 3.16. The molecule has 31 heavy (non-hydrogen) atoms. The van der Waals surface area contributed by atoms with Crippen LogP contribution in [-0.4, -0.2) is 46.7 Å². The van der Waals surface area contributed by atoms with Gasteiger partial charge in [-0.1, -0.05) is 40.5 Å². The molecule has 0 spiro atoms. The number of anilines is 1. The van der Waals surface area contributed by atoms with Crippen LogP contribution in [0, 0.1) is 0 Å². The van der Waals surface area contributed by atoms with Crippen molar-refractivity contribution in [2.24, 2.45) is 0 Å². The number of hydrogen-bond acceptors (Lipinski definition) is 4. The number of likely N-dealkylation sites (N-methyl/N-ethyl adjacent to an activating group) is 1. The molecule has 170 valence electrons. The monoisotopic (exact) mass is 428 g/mol. The molecule has 0 saturated heterocycles. The fourth-order valence-corrected chi connectivity index (χ4v) is 3.17. The molecular weight excluding hydrogens is 392 g/mol. The van der Waals surface area contributed by atoms with E-state index < -0.39 is 0 Å². The van der Waals surface area contributed by atoms with E-state index in [0.717, 1.165) is 36.4 Å². The molecule has 0 aliphatic carbocycles. The van der Waals surface area contributed by atoms with Gasteiger partial charge in [-0.05, 0) is 37.6 Å². The molecule has 0 saturated carbocycles. The summed E-state index contributed by atoms with van der Waals surface area (Å²) < 4.78 is 6.96. The van der Waals surface area contributed by atoms with Crippen molar-refractivity contribution in [1.29, 1.82) is 0 Å². The zero-order valence-corrected chi connectivity index (χ0v) is 19.7. The van der Waals surface area contributed by atoms with Crippen molar-refractivity contribution in [3.05, 3.63) is 36.0 Å². The van der Waals surface area contributed by atoms with Crippen LogP contribution in [0.2, 0.25) is 0 Å². The summed E-state index contributed by atoms with van der Waals surface area (Å²) in [5.41, 5.74) is 1.50. The van der Waals surface area contributed by atoms with E-state index in [1.807, 2.05) is 37.3 Å². The van der Waals surface area contributed by atoms with E-state index in [-0.39, 0.29) is 23.8 Å². The molecule has 0 atom stereocenters. The molecule has 1 aromatic carbocycles. The van der Waals surface area contributed by atoms with Gasteiger partial charge in [0.05, 0.1) is 25.0 Å². The smallest absolute Gasteiger partial charge is 0.245 e. The number of nitrogens with one attached hydrogen (secondary N) is 1. The summed E-state index contributed by atoms with van der Waals surface area (Å²) in [6.45, 7) is 10.8. The zero-order chi connectivity index (χ0) is 23.0. The first-order chi connectivity index (χ1) is 14.7. The van der Waals surface area contributed by atoms with Crippen LogP contribution in [0.1, 0.15) is 66.0 Å². The Balaban J connectivity index is 2.20. The normalized spacial score (nSPS) is 11.3. The SMILES string of the molecule is CCCCCC(=O)N(CC)CC(=O)Nc1cc(C(C)(C)C)nn1-c1ccc(OC)cc1. The summed E-state index contributed by atoms with van der Waals surface area (Å²) in [5, 5.41) is 7.68. The quantitative estimate of drug-likeness (QED) is 0.564. The lowest BCUT2D eigenvalue weighted by Crippen LogP contribution is -2.38. The van der Waals surface area contributed by atoms with Crippen LogP contribution in [0.25, 0.3) is 5.69 Å². The third kappa shape index (κ3) is 6.84. The van der Waals surface area contributed by atoms with Crippen LogP contribution < -0.4 is 10.1 Å². The van der Waals surface area contributed by atoms with Crippen LogP contribution in [0.4, 0.5) is 5.82 Å². The summed E-state index contributed by atoms with van der Waals surface area (Å²) in [6.07, 6.45) is 3.41. The summed E-state index contributed by atoms with van der Waals surface area (Å²) in [7, 11) is 1.62. The van der Waals surface area contributed by atoms with Crippen LogP contribution in [0.5, 0.6) is 5.75 Å². The molecule has 1 aromatic heterocycles. The van der Waals surface area contributed by atoms with E-state index in [0.29, 0.717) is 18.8 Å². The molecule has 0 aliphatic rings. The van der Waals surface area contributed by atoms with Gasteiger partial charge in [-0.25, -0.2) is 4.68 Å². The van der Waals surface area contributed by atoms with Gasteiger partial charge in [0.2, 0.25) is 11.8 Å². The first-order valence-electron chi connectivity index (χ1n) is 11.0. The number of amides is 2. The Kier molecular flexibility index (Phi) is 8.65. The Hall–Kier alpha value is -2.83. The van der Waals surface area contributed by atoms with Gasteiger partial charge in [-0.3, -0.25) is 9.59 Å². The topological polar surface area (TPSA) is 76.5 Å². The minimum atomic E-state index is -0.235. The van der Waals surface area contributed by atoms with Crippen LogP contribution in [0.3, 0.4) is 0 Å². The molecule has 1 N–H and O–H groups in total. The number of methoxy groups -OCH3 is 1. The van der Waals surface area contributed by atoms with Crippen LogP contribution >= 0.6 is 0 Å². The predicted molar refractivity (Wildman–Crippen MR) is 124 cm³/mol. The lowest BCUT2D eigenvalue weighted by Gasteiger charge is -2.20. The molecule has 0 unspecified atom stereocenters. The second-order valence-electron chi connectivity index (χ2n) is 8.69. The molecule has 2 aromatic rings. The third-order valence-corrected chi connectivity index (χ3v) is 5.13. The van der Waals surface area contributed by atoms with E-state index in [2.05, 4.69) is 33.0 Å². The second kappa shape index (κ2) is 11.0. The van der Waals surface area contributed by atoms with Crippen molar-refractivity contribution in [1.82, 2.24) is 14.7 Å². The van der Waals surface area contributed by atoms with E-state index in [1.54, 1.807) is 16.7 Å². The third-order valence-electron chi connectivity index (χ3n) is 5.13. The van der Waals surface area contributed by atoms with Crippen molar-refractivity contribution in [3.8, 4) is 11.4 Å². The summed E-state index contributed by atoms with van der Waals surface area (Å²) in [5.74, 6) is 1.11. The lowest BCUT2D eigenvalue weighted by molar-refractivity contribution is -0.134. The maximum atomic E-state index is 12.8. The maximum absolute atomic E-state index is 12.8. The number of carbonyl (C=O) groups excluding carboxylic acids is 2. The van der Waals surface area contributed by atoms with Crippen LogP contribution in [-0.2, 0) is 15.0 Å². The van der Waals surface area contributed by atoms with Crippen molar-refractivity contribution in [2.45, 2.75) is 65.7 Å². The van der Waals surface area contributed by atoms with E-state index in [4.69, 9.17) is 9.84 Å². The zero-order valence-electron chi connectivity index (χ0n) is 19.7. The molecule has 2 rings (SSSR count). The Bertz CT molecular complexity index is 866. The highest BCUT2D eigenvalue weighted by Crippen LogP contribution is 2.27. The van der Waals surface area contributed by atoms with E-state index in [9.17, 15) is 9.59 Å². The Morgan fingerprint density at radius 1 is 1.13 bits per heavy atom. The first-order valence-corrected chi connectivity index (χ1v) is 11.0. The second-order valence-corrected chi connectivity index (χ2v) is 8.69. The van der Waals surface area contributed by atoms with Gasteiger partial charge < -0.3 is 15.0 Å². The highest BCUT2D eigenvalue weighted by atomic mass is 16.5. The van der Waals surface area contributed by atoms with Gasteiger partial charge >= 0.3 is 0 Å². The highest BCUT2D eigenvalue weighted by molar-refractivity contribution is 5.94. The summed E-state index contributed by atoms with van der Waals surface area (Å²) in [4.78, 5) is 26.8. The minimum absolute atomic E-state index is 0.0187. The highest BCUT2D eigenvalue weighted by Gasteiger charge is 2.22. The lowest BCUT2D eigenvalue weighted by atomic mass is 9.92. The van der Waals surface area contributed by atoms with Gasteiger partial charge in [0, 0.05) is 24.4 Å². The minimum Gasteiger partial charge on any atom is -0.497 e. The van der Waals surface area contributed by atoms with Crippen molar-refractivity contribution in [3.63, 3.8) is 0 Å². The molecular formula is C24H36N4O3. The fourth-order valence-electron chi connectivity index (χ4n) is 3.17. The molecule has 0 aliphatic heterocycles. The molecule has 0 radical (unpaired) electrons. The molecule has 0 bridgehead atoms. The Morgan fingerprint density at radius 2 is 1.81 bits per heavy atom. The van der Waals surface area contributed by atoms with E-state index >= 15 is 0 Å². The number of rotatable bonds is 10. The van der Waals surface area contributed by atoms with Crippen molar-refractivity contribution < 1.29 is 14.3 Å². The van der Waals surface area contributed by atoms with Gasteiger partial charge in [0.15, 0.2) is 0 Å².